The second kappa shape index (κ2) is 50.0. The van der Waals surface area contributed by atoms with Gasteiger partial charge in [-0.3, -0.25) is 0 Å². The molecule has 0 fully saturated rings. The topological polar surface area (TPSA) is 521 Å². The highest BCUT2D eigenvalue weighted by molar-refractivity contribution is 5.81. The van der Waals surface area contributed by atoms with Gasteiger partial charge in [-0.15, -0.1) is 40.5 Å². The molecule has 0 aliphatic rings. The molecule has 4 amide bonds. The zero-order valence-corrected chi connectivity index (χ0v) is 46.5. The first-order valence-electron chi connectivity index (χ1n) is 25.1. The summed E-state index contributed by atoms with van der Waals surface area (Å²) in [6.07, 6.45) is 0.420. The van der Waals surface area contributed by atoms with Gasteiger partial charge in [0.15, 0.2) is 0 Å². The average molecular weight is 1190 g/mol. The predicted octanol–water partition coefficient (Wildman–Crippen LogP) is 4.04. The number of aliphatic carboxylic acids is 4. The third-order valence-corrected chi connectivity index (χ3v) is 8.98. The van der Waals surface area contributed by atoms with Gasteiger partial charge in [-0.05, 0) is 81.5 Å². The molecule has 0 aliphatic heterocycles. The van der Waals surface area contributed by atoms with Crippen LogP contribution in [0.5, 0.6) is 0 Å². The largest absolute Gasteiger partial charge is 0.480 e. The molecule has 4 unspecified atom stereocenters. The zero-order valence-electron chi connectivity index (χ0n) is 46.5. The summed E-state index contributed by atoms with van der Waals surface area (Å²) < 4.78 is 23.9. The van der Waals surface area contributed by atoms with Crippen molar-refractivity contribution < 1.29 is 122 Å². The summed E-state index contributed by atoms with van der Waals surface area (Å²) in [5.41, 5.74) is 0. The molecule has 81 heavy (non-hydrogen) atoms. The number of carboxylic acids is 4. The lowest BCUT2D eigenvalue weighted by atomic mass is 10.0. The Morgan fingerprint density at radius 1 is 0.333 bits per heavy atom. The molecule has 0 saturated heterocycles. The fourth-order valence-corrected chi connectivity index (χ4v) is 5.53. The molecule has 470 valence electrons. The van der Waals surface area contributed by atoms with Crippen molar-refractivity contribution in [3.8, 4) is 0 Å². The number of carboxylic acid groups (broad SMARTS) is 4. The summed E-state index contributed by atoms with van der Waals surface area (Å²) in [6.45, 7) is 14.3. The van der Waals surface area contributed by atoms with E-state index in [9.17, 15) is 78.8 Å². The minimum Gasteiger partial charge on any atom is -0.480 e. The van der Waals surface area contributed by atoms with Gasteiger partial charge >= 0.3 is 48.3 Å². The number of nitrogens with zero attached hydrogens (tertiary/aromatic N) is 4. The number of hydrogen-bond acceptors (Lipinski definition) is 25. The zero-order chi connectivity index (χ0) is 62.9. The number of carbonyl (C=O) groups excluding carboxylic acids is 4. The molecule has 37 nitrogen and oxygen atoms in total. The third kappa shape index (κ3) is 59.2. The normalized spacial score (nSPS) is 11.8. The van der Waals surface area contributed by atoms with Gasteiger partial charge in [-0.2, -0.15) is 0 Å². The molecule has 37 heteroatoms. The van der Waals surface area contributed by atoms with E-state index in [1.807, 2.05) is 55.4 Å². The maximum atomic E-state index is 11.4. The Morgan fingerprint density at radius 3 is 0.840 bits per heavy atom. The quantitative estimate of drug-likeness (QED) is 0.0185. The number of unbranched alkanes of at least 4 members (excludes halogenated alkanes) is 3. The van der Waals surface area contributed by atoms with Crippen LogP contribution in [0.25, 0.3) is 0 Å². The Hall–Kier alpha value is -8.28. The minimum absolute atomic E-state index is 0.00860. The fraction of sp³-hybridized carbons (Fsp3) is 0.818. The Kier molecular flexibility index (Phi) is 48.9. The smallest absolute Gasteiger partial charge is 0.407 e. The van der Waals surface area contributed by atoms with Crippen molar-refractivity contribution in [2.45, 2.75) is 144 Å². The molecule has 0 spiro atoms. The summed E-state index contributed by atoms with van der Waals surface area (Å²) in [4.78, 5) is 145. The molecule has 0 aromatic carbocycles. The molecule has 0 saturated carbocycles. The molecule has 0 radical (unpaired) electrons. The molecule has 0 heterocycles. The first-order chi connectivity index (χ1) is 37.8. The van der Waals surface area contributed by atoms with E-state index in [0.717, 1.165) is 0 Å². The van der Waals surface area contributed by atoms with Gasteiger partial charge in [0.2, 0.25) is 0 Å². The van der Waals surface area contributed by atoms with Crippen molar-refractivity contribution in [3.05, 3.63) is 40.5 Å². The highest BCUT2D eigenvalue weighted by atomic mass is 17.0. The summed E-state index contributed by atoms with van der Waals surface area (Å²) in [7, 11) is 0. The van der Waals surface area contributed by atoms with E-state index in [1.54, 1.807) is 0 Å². The highest BCUT2D eigenvalue weighted by Gasteiger charge is 2.25. The second-order valence-corrected chi connectivity index (χ2v) is 18.2. The molecule has 4 atom stereocenters. The lowest BCUT2D eigenvalue weighted by molar-refractivity contribution is -0.758. The Balaban J connectivity index is -0.000000488. The Bertz CT molecular complexity index is 1800. The van der Waals surface area contributed by atoms with E-state index in [1.165, 1.54) is 0 Å². The minimum atomic E-state index is -1.14. The van der Waals surface area contributed by atoms with Gasteiger partial charge in [-0.25, -0.2) is 38.4 Å². The van der Waals surface area contributed by atoms with Crippen LogP contribution in [-0.4, -0.2) is 179 Å². The Morgan fingerprint density at radius 2 is 0.556 bits per heavy atom. The van der Waals surface area contributed by atoms with Crippen LogP contribution in [0.2, 0.25) is 0 Å². The number of amides is 4. The number of hydrogen-bond donors (Lipinski definition) is 8. The lowest BCUT2D eigenvalue weighted by Crippen LogP contribution is -2.42. The maximum absolute atomic E-state index is 11.4. The van der Waals surface area contributed by atoms with Gasteiger partial charge < -0.3 is 84.7 Å². The number of rotatable bonds is 41. The van der Waals surface area contributed by atoms with Gasteiger partial charge in [0, 0.05) is 6.42 Å². The van der Waals surface area contributed by atoms with Crippen LogP contribution in [-0.2, 0) is 62.2 Å². The Labute approximate surface area is 465 Å². The number of nitrogens with one attached hydrogen (secondary N) is 4. The summed E-state index contributed by atoms with van der Waals surface area (Å²) in [6, 6.07) is -3.97. The van der Waals surface area contributed by atoms with Crippen molar-refractivity contribution in [3.63, 3.8) is 0 Å². The first kappa shape index (κ1) is 79.2. The van der Waals surface area contributed by atoms with E-state index in [2.05, 4.69) is 45.4 Å². The van der Waals surface area contributed by atoms with Crippen LogP contribution in [0.1, 0.15) is 120 Å². The summed E-state index contributed by atoms with van der Waals surface area (Å²) >= 11 is 0. The molecule has 0 aliphatic carbocycles. The third-order valence-electron chi connectivity index (χ3n) is 8.98. The van der Waals surface area contributed by atoms with Gasteiger partial charge in [0.05, 0.1) is 52.9 Å². The van der Waals surface area contributed by atoms with E-state index in [4.69, 9.17) is 39.4 Å². The van der Waals surface area contributed by atoms with Crippen molar-refractivity contribution in [2.24, 2.45) is 23.7 Å². The van der Waals surface area contributed by atoms with Crippen molar-refractivity contribution >= 4 is 48.3 Å². The van der Waals surface area contributed by atoms with Crippen LogP contribution >= 0.6 is 0 Å². The van der Waals surface area contributed by atoms with E-state index in [0.29, 0.717) is 51.4 Å². The van der Waals surface area contributed by atoms with E-state index in [-0.39, 0.29) is 103 Å². The summed E-state index contributed by atoms with van der Waals surface area (Å²) in [5.74, 6) is -4.02. The van der Waals surface area contributed by atoms with E-state index < -0.39 is 92.8 Å². The maximum Gasteiger partial charge on any atom is 0.407 e. The number of alkyl carbamates (subject to hydrolysis) is 4. The number of ether oxygens (including phenoxy) is 5. The van der Waals surface area contributed by atoms with Crippen molar-refractivity contribution in [1.29, 1.82) is 0 Å². The molecule has 0 bridgehead atoms. The molecular weight excluding hydrogens is 1100 g/mol. The monoisotopic (exact) mass is 1180 g/mol. The molecule has 0 rings (SSSR count). The van der Waals surface area contributed by atoms with Crippen LogP contribution in [0.4, 0.5) is 19.2 Å². The first-order valence-corrected chi connectivity index (χ1v) is 25.1. The van der Waals surface area contributed by atoms with Crippen molar-refractivity contribution in [2.75, 3.05) is 66.1 Å². The highest BCUT2D eigenvalue weighted by Crippen LogP contribution is 2.09. The van der Waals surface area contributed by atoms with Gasteiger partial charge in [0.1, 0.15) is 37.4 Å². The standard InChI is InChI=1S/C12H22N2O7.C11H20N2O8.C11H20N2O7.C10H18N2O7/c1-9(2)8-10(11(15)16)13-12(17)20-6-4-3-5-7-21-14(18)19;1-8(2)7-9(10(14)15)12-11(16)20-5-3-19-4-6-21-13(17)18;1-8(2)7-9(10(14)15)12-11(16)19-5-3-4-6-20-13(17)18;1-7(2)6-8(9(13)14)11-10(15)18-4-3-5-19-12(16)17/h9-10H,3-8H2,1-2H3,(H,13,17)(H,15,16);8-9H,3-7H2,1-2H3,(H,12,16)(H,14,15);8-9H,3-7H2,1-2H3,(H,12,16)(H,14,15);7-8H,3-6H2,1-2H3,(H,11,15)(H,13,14). The van der Waals surface area contributed by atoms with Gasteiger partial charge in [-0.1, -0.05) is 55.4 Å². The van der Waals surface area contributed by atoms with Crippen LogP contribution in [0, 0.1) is 64.1 Å². The average Bonchev–Trinajstić information content (AvgIpc) is 3.33. The van der Waals surface area contributed by atoms with E-state index >= 15 is 0 Å². The molecular formula is C44H80N8O29. The van der Waals surface area contributed by atoms with Gasteiger partial charge in [0.25, 0.3) is 20.3 Å². The lowest BCUT2D eigenvalue weighted by Gasteiger charge is -2.16. The van der Waals surface area contributed by atoms with Crippen LogP contribution < -0.4 is 21.3 Å². The number of carbonyl (C=O) groups is 8. The van der Waals surface area contributed by atoms with Crippen molar-refractivity contribution in [1.82, 2.24) is 21.3 Å². The van der Waals surface area contributed by atoms with Crippen LogP contribution in [0.15, 0.2) is 0 Å². The fourth-order valence-electron chi connectivity index (χ4n) is 5.53. The predicted molar refractivity (Wildman–Crippen MR) is 272 cm³/mol. The SMILES string of the molecule is CC(C)CC(NC(=O)OCCCCCO[N+](=O)[O-])C(=O)O.CC(C)CC(NC(=O)OCCCCO[N+](=O)[O-])C(=O)O.CC(C)CC(NC(=O)OCCCO[N+](=O)[O-])C(=O)O.CC(C)CC(NC(=O)OCCOCCO[N+](=O)[O-])C(=O)O. The summed E-state index contributed by atoms with van der Waals surface area (Å²) in [5, 5.41) is 80.4. The van der Waals surface area contributed by atoms with Crippen LogP contribution in [0.3, 0.4) is 0 Å². The molecule has 0 aromatic heterocycles. The second-order valence-electron chi connectivity index (χ2n) is 18.2. The molecule has 8 N–H and O–H groups in total. The molecule has 0 aromatic rings.